The molecule has 2 aliphatic rings. The molecule has 0 aromatic heterocycles. The van der Waals surface area contributed by atoms with E-state index in [-0.39, 0.29) is 24.4 Å². The Morgan fingerprint density at radius 3 is 2.21 bits per heavy atom. The van der Waals surface area contributed by atoms with Gasteiger partial charge in [-0.2, -0.15) is 0 Å². The SMILES string of the molecule is Cc1ccc(C2C(=O)N(C3CCC(C)CC3)CC(=O)N2Cc2ccccc2)cc1. The van der Waals surface area contributed by atoms with Gasteiger partial charge in [0, 0.05) is 12.6 Å². The fourth-order valence-electron chi connectivity index (χ4n) is 4.64. The average molecular weight is 391 g/mol. The van der Waals surface area contributed by atoms with E-state index in [0.29, 0.717) is 12.5 Å². The molecule has 1 saturated carbocycles. The van der Waals surface area contributed by atoms with E-state index in [1.807, 2.05) is 66.4 Å². The van der Waals surface area contributed by atoms with Crippen molar-refractivity contribution >= 4 is 11.8 Å². The number of piperazine rings is 1. The summed E-state index contributed by atoms with van der Waals surface area (Å²) in [6.45, 7) is 4.97. The van der Waals surface area contributed by atoms with Gasteiger partial charge in [0.1, 0.15) is 12.6 Å². The Labute approximate surface area is 173 Å². The quantitative estimate of drug-likeness (QED) is 0.772. The maximum absolute atomic E-state index is 13.7. The number of hydrogen-bond acceptors (Lipinski definition) is 2. The van der Waals surface area contributed by atoms with Crippen LogP contribution in [0.2, 0.25) is 0 Å². The van der Waals surface area contributed by atoms with Crippen molar-refractivity contribution in [3.8, 4) is 0 Å². The first-order chi connectivity index (χ1) is 14.0. The van der Waals surface area contributed by atoms with Crippen molar-refractivity contribution < 1.29 is 9.59 Å². The van der Waals surface area contributed by atoms with Crippen molar-refractivity contribution in [3.63, 3.8) is 0 Å². The molecule has 2 aromatic rings. The first kappa shape index (κ1) is 19.7. The highest BCUT2D eigenvalue weighted by atomic mass is 16.2. The highest BCUT2D eigenvalue weighted by Crippen LogP contribution is 2.34. The lowest BCUT2D eigenvalue weighted by molar-refractivity contribution is -0.160. The Morgan fingerprint density at radius 1 is 0.897 bits per heavy atom. The monoisotopic (exact) mass is 390 g/mol. The molecule has 2 amide bonds. The zero-order valence-electron chi connectivity index (χ0n) is 17.4. The number of nitrogens with zero attached hydrogens (tertiary/aromatic N) is 2. The van der Waals surface area contributed by atoms with Crippen LogP contribution in [0.1, 0.15) is 55.3 Å². The minimum atomic E-state index is -0.545. The normalized spacial score (nSPS) is 25.4. The average Bonchev–Trinajstić information content (AvgIpc) is 2.73. The fourth-order valence-corrected chi connectivity index (χ4v) is 4.64. The van der Waals surface area contributed by atoms with E-state index in [1.165, 1.54) is 0 Å². The summed E-state index contributed by atoms with van der Waals surface area (Å²) < 4.78 is 0. The number of benzene rings is 2. The van der Waals surface area contributed by atoms with Crippen LogP contribution in [0.4, 0.5) is 0 Å². The van der Waals surface area contributed by atoms with E-state index in [0.717, 1.165) is 42.4 Å². The third kappa shape index (κ3) is 4.21. The molecule has 1 saturated heterocycles. The second kappa shape index (κ2) is 8.40. The molecule has 2 fully saturated rings. The standard InChI is InChI=1S/C25H30N2O2/c1-18-8-12-21(13-9-18)24-25(29)26(22-14-10-19(2)11-15-22)17-23(28)27(24)16-20-6-4-3-5-7-20/h3-9,12-13,19,22,24H,10-11,14-17H2,1-2H3. The summed E-state index contributed by atoms with van der Waals surface area (Å²) in [5.74, 6) is 0.825. The van der Waals surface area contributed by atoms with Crippen molar-refractivity contribution in [2.24, 2.45) is 5.92 Å². The highest BCUT2D eigenvalue weighted by Gasteiger charge is 2.43. The van der Waals surface area contributed by atoms with Crippen molar-refractivity contribution in [2.45, 2.75) is 58.2 Å². The third-order valence-corrected chi connectivity index (χ3v) is 6.47. The van der Waals surface area contributed by atoms with Crippen molar-refractivity contribution in [1.82, 2.24) is 9.80 Å². The number of rotatable bonds is 4. The Hall–Kier alpha value is -2.62. The summed E-state index contributed by atoms with van der Waals surface area (Å²) in [6, 6.07) is 17.6. The zero-order valence-corrected chi connectivity index (χ0v) is 17.4. The Morgan fingerprint density at radius 2 is 1.55 bits per heavy atom. The molecule has 29 heavy (non-hydrogen) atoms. The van der Waals surface area contributed by atoms with Gasteiger partial charge in [0.05, 0.1) is 0 Å². The van der Waals surface area contributed by atoms with E-state index in [4.69, 9.17) is 0 Å². The lowest BCUT2D eigenvalue weighted by atomic mass is 9.85. The number of carbonyl (C=O) groups is 2. The smallest absolute Gasteiger partial charge is 0.250 e. The summed E-state index contributed by atoms with van der Waals surface area (Å²) in [7, 11) is 0. The lowest BCUT2D eigenvalue weighted by Crippen LogP contribution is -2.58. The van der Waals surface area contributed by atoms with Gasteiger partial charge >= 0.3 is 0 Å². The molecule has 2 aromatic carbocycles. The minimum absolute atomic E-state index is 0.0395. The molecule has 4 heteroatoms. The molecule has 1 aliphatic carbocycles. The van der Waals surface area contributed by atoms with Gasteiger partial charge in [0.15, 0.2) is 0 Å². The molecule has 0 radical (unpaired) electrons. The number of amides is 2. The highest BCUT2D eigenvalue weighted by molar-refractivity contribution is 5.95. The molecule has 1 heterocycles. The fraction of sp³-hybridized carbons (Fsp3) is 0.440. The van der Waals surface area contributed by atoms with Crippen LogP contribution in [0.15, 0.2) is 54.6 Å². The van der Waals surface area contributed by atoms with Gasteiger partial charge in [-0.15, -0.1) is 0 Å². The predicted molar refractivity (Wildman–Crippen MR) is 114 cm³/mol. The van der Waals surface area contributed by atoms with Crippen LogP contribution < -0.4 is 0 Å². The van der Waals surface area contributed by atoms with Crippen LogP contribution in [0.25, 0.3) is 0 Å². The second-order valence-electron chi connectivity index (χ2n) is 8.70. The maximum Gasteiger partial charge on any atom is 0.250 e. The van der Waals surface area contributed by atoms with Gasteiger partial charge < -0.3 is 9.80 Å². The molecule has 0 spiro atoms. The van der Waals surface area contributed by atoms with E-state index < -0.39 is 6.04 Å². The van der Waals surface area contributed by atoms with Gasteiger partial charge in [0.2, 0.25) is 5.91 Å². The Kier molecular flexibility index (Phi) is 5.70. The van der Waals surface area contributed by atoms with Crippen LogP contribution >= 0.6 is 0 Å². The van der Waals surface area contributed by atoms with Crippen LogP contribution in [-0.2, 0) is 16.1 Å². The molecule has 0 bridgehead atoms. The summed E-state index contributed by atoms with van der Waals surface area (Å²) in [5.41, 5.74) is 3.10. The largest absolute Gasteiger partial charge is 0.328 e. The number of carbonyl (C=O) groups excluding carboxylic acids is 2. The first-order valence-electron chi connectivity index (χ1n) is 10.7. The number of hydrogen-bond donors (Lipinski definition) is 0. The van der Waals surface area contributed by atoms with Gasteiger partial charge in [0.25, 0.3) is 5.91 Å². The molecule has 1 unspecified atom stereocenters. The first-order valence-corrected chi connectivity index (χ1v) is 10.7. The molecule has 152 valence electrons. The molecular formula is C25H30N2O2. The zero-order chi connectivity index (χ0) is 20.4. The Bertz CT molecular complexity index is 854. The molecule has 0 N–H and O–H groups in total. The van der Waals surface area contributed by atoms with Crippen LogP contribution in [0.5, 0.6) is 0 Å². The van der Waals surface area contributed by atoms with Crippen LogP contribution in [-0.4, -0.2) is 34.2 Å². The van der Waals surface area contributed by atoms with Crippen molar-refractivity contribution in [2.75, 3.05) is 6.54 Å². The molecule has 4 rings (SSSR count). The summed E-state index contributed by atoms with van der Waals surface area (Å²) in [6.07, 6.45) is 4.26. The molecule has 4 nitrogen and oxygen atoms in total. The topological polar surface area (TPSA) is 40.6 Å². The summed E-state index contributed by atoms with van der Waals surface area (Å²) in [4.78, 5) is 30.6. The molecule has 1 aliphatic heterocycles. The van der Waals surface area contributed by atoms with Crippen LogP contribution in [0.3, 0.4) is 0 Å². The van der Waals surface area contributed by atoms with Gasteiger partial charge in [-0.1, -0.05) is 67.1 Å². The van der Waals surface area contributed by atoms with Crippen molar-refractivity contribution in [1.29, 1.82) is 0 Å². The van der Waals surface area contributed by atoms with E-state index in [9.17, 15) is 9.59 Å². The van der Waals surface area contributed by atoms with E-state index >= 15 is 0 Å². The predicted octanol–water partition coefficient (Wildman–Crippen LogP) is 4.49. The second-order valence-corrected chi connectivity index (χ2v) is 8.70. The van der Waals surface area contributed by atoms with E-state index in [1.54, 1.807) is 4.90 Å². The number of aryl methyl sites for hydroxylation is 1. The maximum atomic E-state index is 13.7. The van der Waals surface area contributed by atoms with Crippen LogP contribution in [0, 0.1) is 12.8 Å². The van der Waals surface area contributed by atoms with Gasteiger partial charge in [-0.3, -0.25) is 9.59 Å². The summed E-state index contributed by atoms with van der Waals surface area (Å²) in [5, 5.41) is 0. The molecule has 1 atom stereocenters. The Balaban J connectivity index is 1.65. The molecular weight excluding hydrogens is 360 g/mol. The van der Waals surface area contributed by atoms with E-state index in [2.05, 4.69) is 6.92 Å². The van der Waals surface area contributed by atoms with Gasteiger partial charge in [-0.25, -0.2) is 0 Å². The van der Waals surface area contributed by atoms with Crippen molar-refractivity contribution in [3.05, 3.63) is 71.3 Å². The van der Waals surface area contributed by atoms with Gasteiger partial charge in [-0.05, 0) is 49.7 Å². The summed E-state index contributed by atoms with van der Waals surface area (Å²) >= 11 is 0. The lowest BCUT2D eigenvalue weighted by Gasteiger charge is -2.45. The third-order valence-electron chi connectivity index (χ3n) is 6.47. The minimum Gasteiger partial charge on any atom is -0.328 e.